The second-order valence-corrected chi connectivity index (χ2v) is 9.52. The monoisotopic (exact) mass is 458 g/mol. The number of aryl methyl sites for hydroxylation is 1. The van der Waals surface area contributed by atoms with Crippen LogP contribution >= 0.6 is 15.9 Å². The highest BCUT2D eigenvalue weighted by Crippen LogP contribution is 2.62. The topological polar surface area (TPSA) is 0 Å². The molecule has 0 heterocycles. The Kier molecular flexibility index (Phi) is 3.37. The molecule has 5 aromatic rings. The third-order valence-electron chi connectivity index (χ3n) is 7.27. The Morgan fingerprint density at radius 3 is 1.74 bits per heavy atom. The maximum atomic E-state index is 3.87. The first kappa shape index (κ1) is 17.5. The highest BCUT2D eigenvalue weighted by Gasteiger charge is 2.50. The van der Waals surface area contributed by atoms with E-state index in [1.165, 1.54) is 65.3 Å². The molecule has 0 radical (unpaired) electrons. The summed E-state index contributed by atoms with van der Waals surface area (Å²) >= 11 is 3.87. The number of halogens is 1. The van der Waals surface area contributed by atoms with Gasteiger partial charge in [0.15, 0.2) is 0 Å². The third-order valence-corrected chi connectivity index (χ3v) is 7.92. The van der Waals surface area contributed by atoms with Crippen LogP contribution in [0.1, 0.15) is 27.8 Å². The van der Waals surface area contributed by atoms with Crippen LogP contribution in [0.3, 0.4) is 0 Å². The Bertz CT molecular complexity index is 1510. The van der Waals surface area contributed by atoms with E-state index in [0.29, 0.717) is 0 Å². The Morgan fingerprint density at radius 2 is 1.10 bits per heavy atom. The minimum atomic E-state index is -0.302. The number of fused-ring (bicyclic) bond motifs is 9. The number of hydrogen-bond acceptors (Lipinski definition) is 0. The van der Waals surface area contributed by atoms with Gasteiger partial charge in [0.25, 0.3) is 0 Å². The lowest BCUT2D eigenvalue weighted by Crippen LogP contribution is -2.32. The van der Waals surface area contributed by atoms with Crippen LogP contribution in [0.4, 0.5) is 0 Å². The Labute approximate surface area is 190 Å². The van der Waals surface area contributed by atoms with Crippen LogP contribution in [0, 0.1) is 6.92 Å². The summed E-state index contributed by atoms with van der Waals surface area (Å²) in [4.78, 5) is 0. The SMILES string of the molecule is Cc1cc(Br)c2cccc3c2c1-c1ccccc1C31c2ccccc2-c2ccccc21. The van der Waals surface area contributed by atoms with Gasteiger partial charge in [-0.3, -0.25) is 0 Å². The summed E-state index contributed by atoms with van der Waals surface area (Å²) in [7, 11) is 0. The fourth-order valence-electron chi connectivity index (χ4n) is 6.21. The molecule has 0 saturated carbocycles. The molecule has 31 heavy (non-hydrogen) atoms. The fourth-order valence-corrected chi connectivity index (χ4v) is 6.88. The molecule has 0 bridgehead atoms. The Balaban J connectivity index is 1.81. The van der Waals surface area contributed by atoms with Crippen LogP contribution in [-0.4, -0.2) is 0 Å². The average Bonchev–Trinajstić information content (AvgIpc) is 3.10. The van der Waals surface area contributed by atoms with Crippen molar-refractivity contribution in [2.75, 3.05) is 0 Å². The molecule has 0 fully saturated rings. The molecule has 0 amide bonds. The molecule has 0 atom stereocenters. The molecule has 2 aliphatic carbocycles. The van der Waals surface area contributed by atoms with Crippen LogP contribution in [0.15, 0.2) is 102 Å². The summed E-state index contributed by atoms with van der Waals surface area (Å²) in [5.41, 5.74) is 12.0. The zero-order valence-corrected chi connectivity index (χ0v) is 18.7. The molecule has 0 nitrogen and oxygen atoms in total. The van der Waals surface area contributed by atoms with Gasteiger partial charge in [-0.05, 0) is 73.8 Å². The highest BCUT2D eigenvalue weighted by molar-refractivity contribution is 9.10. The molecule has 1 spiro atoms. The van der Waals surface area contributed by atoms with E-state index in [0.717, 1.165) is 0 Å². The van der Waals surface area contributed by atoms with Gasteiger partial charge < -0.3 is 0 Å². The van der Waals surface area contributed by atoms with Crippen molar-refractivity contribution < 1.29 is 0 Å². The van der Waals surface area contributed by atoms with Gasteiger partial charge in [-0.2, -0.15) is 0 Å². The molecular weight excluding hydrogens is 440 g/mol. The molecule has 0 N–H and O–H groups in total. The van der Waals surface area contributed by atoms with Crippen molar-refractivity contribution in [1.29, 1.82) is 0 Å². The van der Waals surface area contributed by atoms with E-state index in [2.05, 4.69) is 120 Å². The van der Waals surface area contributed by atoms with Crippen LogP contribution in [0.5, 0.6) is 0 Å². The quantitative estimate of drug-likeness (QED) is 0.214. The van der Waals surface area contributed by atoms with Gasteiger partial charge in [0.2, 0.25) is 0 Å². The fraction of sp³-hybridized carbons (Fsp3) is 0.0667. The highest BCUT2D eigenvalue weighted by atomic mass is 79.9. The van der Waals surface area contributed by atoms with Gasteiger partial charge >= 0.3 is 0 Å². The molecular formula is C30H19Br. The normalized spacial score (nSPS) is 14.4. The molecule has 0 aromatic heterocycles. The van der Waals surface area contributed by atoms with Crippen molar-refractivity contribution in [1.82, 2.24) is 0 Å². The summed E-state index contributed by atoms with van der Waals surface area (Å²) in [5, 5.41) is 2.66. The van der Waals surface area contributed by atoms with E-state index in [1.807, 2.05) is 0 Å². The minimum Gasteiger partial charge on any atom is -0.0619 e. The van der Waals surface area contributed by atoms with Crippen LogP contribution in [0.2, 0.25) is 0 Å². The maximum Gasteiger partial charge on any atom is 0.0725 e. The van der Waals surface area contributed by atoms with Crippen LogP contribution in [0.25, 0.3) is 33.0 Å². The standard InChI is InChI=1S/C30H19Br/c1-18-17-27(31)22-12-8-16-26-29(22)28(18)21-11-4-7-15-25(21)30(26)23-13-5-2-9-19(23)20-10-3-6-14-24(20)30/h2-17H,1H3. The lowest BCUT2D eigenvalue weighted by atomic mass is 9.61. The second kappa shape index (κ2) is 5.96. The van der Waals surface area contributed by atoms with E-state index in [1.54, 1.807) is 0 Å². The van der Waals surface area contributed by atoms with Gasteiger partial charge in [0.1, 0.15) is 0 Å². The maximum absolute atomic E-state index is 3.87. The van der Waals surface area contributed by atoms with Crippen LogP contribution < -0.4 is 0 Å². The summed E-state index contributed by atoms with van der Waals surface area (Å²) in [6.45, 7) is 2.24. The largest absolute Gasteiger partial charge is 0.0725 e. The van der Waals surface area contributed by atoms with Crippen molar-refractivity contribution in [2.24, 2.45) is 0 Å². The summed E-state index contributed by atoms with van der Waals surface area (Å²) < 4.78 is 1.17. The summed E-state index contributed by atoms with van der Waals surface area (Å²) in [6, 6.07) is 36.1. The third kappa shape index (κ3) is 1.96. The number of hydrogen-bond donors (Lipinski definition) is 0. The predicted molar refractivity (Wildman–Crippen MR) is 133 cm³/mol. The molecule has 7 rings (SSSR count). The van der Waals surface area contributed by atoms with Gasteiger partial charge in [-0.15, -0.1) is 0 Å². The van der Waals surface area contributed by atoms with Crippen molar-refractivity contribution in [3.8, 4) is 22.3 Å². The Hall–Kier alpha value is -3.16. The molecule has 2 aliphatic rings. The first-order chi connectivity index (χ1) is 15.2. The summed E-state index contributed by atoms with van der Waals surface area (Å²) in [5.74, 6) is 0. The van der Waals surface area contributed by atoms with Crippen molar-refractivity contribution in [3.63, 3.8) is 0 Å². The van der Waals surface area contributed by atoms with Crippen molar-refractivity contribution in [2.45, 2.75) is 12.3 Å². The van der Waals surface area contributed by atoms with E-state index in [-0.39, 0.29) is 5.41 Å². The van der Waals surface area contributed by atoms with Gasteiger partial charge in [-0.1, -0.05) is 107 Å². The first-order valence-corrected chi connectivity index (χ1v) is 11.5. The molecule has 0 aliphatic heterocycles. The van der Waals surface area contributed by atoms with Crippen molar-refractivity contribution in [3.05, 3.63) is 129 Å². The molecule has 146 valence electrons. The smallest absolute Gasteiger partial charge is 0.0619 e. The van der Waals surface area contributed by atoms with E-state index < -0.39 is 0 Å². The molecule has 0 saturated heterocycles. The summed E-state index contributed by atoms with van der Waals surface area (Å²) in [6.07, 6.45) is 0. The van der Waals surface area contributed by atoms with Gasteiger partial charge in [0, 0.05) is 4.47 Å². The molecule has 1 heteroatoms. The van der Waals surface area contributed by atoms with Crippen LogP contribution in [-0.2, 0) is 5.41 Å². The molecule has 0 unspecified atom stereocenters. The van der Waals surface area contributed by atoms with Gasteiger partial charge in [-0.25, -0.2) is 0 Å². The predicted octanol–water partition coefficient (Wildman–Crippen LogP) is 8.25. The zero-order chi connectivity index (χ0) is 20.7. The lowest BCUT2D eigenvalue weighted by molar-refractivity contribution is 0.773. The minimum absolute atomic E-state index is 0.302. The number of benzene rings is 5. The first-order valence-electron chi connectivity index (χ1n) is 10.7. The second-order valence-electron chi connectivity index (χ2n) is 8.67. The van der Waals surface area contributed by atoms with Crippen molar-refractivity contribution >= 4 is 26.7 Å². The van der Waals surface area contributed by atoms with Gasteiger partial charge in [0.05, 0.1) is 5.41 Å². The average molecular weight is 459 g/mol. The van der Waals surface area contributed by atoms with E-state index in [9.17, 15) is 0 Å². The van der Waals surface area contributed by atoms with E-state index >= 15 is 0 Å². The van der Waals surface area contributed by atoms with E-state index in [4.69, 9.17) is 0 Å². The number of rotatable bonds is 0. The molecule has 5 aromatic carbocycles. The Morgan fingerprint density at radius 1 is 0.581 bits per heavy atom. The lowest BCUT2D eigenvalue weighted by Gasteiger charge is -2.40. The zero-order valence-electron chi connectivity index (χ0n) is 17.1.